The minimum Gasteiger partial charge on any atom is -0.300 e. The molecule has 4 unspecified atom stereocenters. The van der Waals surface area contributed by atoms with Crippen molar-refractivity contribution in [1.82, 2.24) is 0 Å². The van der Waals surface area contributed by atoms with Crippen molar-refractivity contribution in [3.05, 3.63) is 35.5 Å². The van der Waals surface area contributed by atoms with Crippen LogP contribution in [0, 0.1) is 23.2 Å². The first kappa shape index (κ1) is 26.9. The predicted molar refractivity (Wildman–Crippen MR) is 134 cm³/mol. The van der Waals surface area contributed by atoms with E-state index in [1.807, 2.05) is 0 Å². The van der Waals surface area contributed by atoms with Crippen molar-refractivity contribution in [2.75, 3.05) is 0 Å². The van der Waals surface area contributed by atoms with E-state index in [0.717, 1.165) is 43.9 Å². The van der Waals surface area contributed by atoms with Gasteiger partial charge in [0.05, 0.1) is 0 Å². The smallest absolute Gasteiger partial charge is 0.129 e. The van der Waals surface area contributed by atoms with Gasteiger partial charge in [-0.1, -0.05) is 62.6 Å². The first-order chi connectivity index (χ1) is 14.1. The first-order valence-electron chi connectivity index (χ1n) is 12.5. The van der Waals surface area contributed by atoms with Crippen molar-refractivity contribution in [2.24, 2.45) is 23.2 Å². The third-order valence-corrected chi connectivity index (χ3v) is 7.76. The van der Waals surface area contributed by atoms with Crippen LogP contribution in [-0.2, 0) is 4.79 Å². The van der Waals surface area contributed by atoms with Crippen LogP contribution in [0.25, 0.3) is 0 Å². The zero-order chi connectivity index (χ0) is 22.7. The third kappa shape index (κ3) is 8.94. The van der Waals surface area contributed by atoms with Gasteiger partial charge < -0.3 is 4.79 Å². The molecular formula is C29H50O. The van der Waals surface area contributed by atoms with Crippen LogP contribution in [0.3, 0.4) is 0 Å². The maximum absolute atomic E-state index is 11.7. The second kappa shape index (κ2) is 13.3. The number of carbonyl (C=O) groups excluding carboxylic acids is 1. The normalized spacial score (nSPS) is 27.0. The van der Waals surface area contributed by atoms with Gasteiger partial charge in [0.25, 0.3) is 0 Å². The Kier molecular flexibility index (Phi) is 12.0. The van der Waals surface area contributed by atoms with Gasteiger partial charge in [-0.15, -0.1) is 0 Å². The fourth-order valence-corrected chi connectivity index (χ4v) is 5.58. The van der Waals surface area contributed by atoms with E-state index < -0.39 is 0 Å². The molecule has 1 aliphatic rings. The molecule has 172 valence electrons. The molecule has 0 N–H and O–H groups in total. The van der Waals surface area contributed by atoms with Crippen LogP contribution in [0.1, 0.15) is 119 Å². The van der Waals surface area contributed by atoms with Crippen LogP contribution in [0.15, 0.2) is 35.5 Å². The van der Waals surface area contributed by atoms with Gasteiger partial charge in [-0.3, -0.25) is 0 Å². The standard InChI is InChI=1S/C29H50O/c1-9-12-28-27(18-17-25(6)29(28,8)20-19-26(7)30)21-24(5)16-11-15-23(4)14-10-13-22(2)3/h13,15,25,27-28H,5,9-12,14,16-21H2,1-4,6-8H3/b23-15+. The van der Waals surface area contributed by atoms with Crippen molar-refractivity contribution in [3.8, 4) is 0 Å². The molecule has 0 aromatic heterocycles. The van der Waals surface area contributed by atoms with Gasteiger partial charge in [0.2, 0.25) is 0 Å². The molecular weight excluding hydrogens is 364 g/mol. The second-order valence-corrected chi connectivity index (χ2v) is 10.7. The summed E-state index contributed by atoms with van der Waals surface area (Å²) in [6, 6.07) is 0. The molecule has 0 aliphatic heterocycles. The minimum absolute atomic E-state index is 0.298. The average Bonchev–Trinajstić information content (AvgIpc) is 2.66. The number of hydrogen-bond donors (Lipinski definition) is 0. The van der Waals surface area contributed by atoms with Crippen LogP contribution in [0.4, 0.5) is 0 Å². The molecule has 1 rings (SSSR count). The van der Waals surface area contributed by atoms with Crippen molar-refractivity contribution in [2.45, 2.75) is 119 Å². The predicted octanol–water partition coefficient (Wildman–Crippen LogP) is 9.24. The molecule has 0 saturated heterocycles. The minimum atomic E-state index is 0.298. The van der Waals surface area contributed by atoms with E-state index in [-0.39, 0.29) is 0 Å². The molecule has 0 spiro atoms. The Morgan fingerprint density at radius 2 is 1.70 bits per heavy atom. The highest BCUT2D eigenvalue weighted by atomic mass is 16.1. The Bertz CT molecular complexity index is 604. The summed E-state index contributed by atoms with van der Waals surface area (Å²) in [7, 11) is 0. The summed E-state index contributed by atoms with van der Waals surface area (Å²) < 4.78 is 0. The summed E-state index contributed by atoms with van der Waals surface area (Å²) in [5.41, 5.74) is 4.65. The molecule has 0 aromatic carbocycles. The summed E-state index contributed by atoms with van der Waals surface area (Å²) in [5.74, 6) is 2.53. The van der Waals surface area contributed by atoms with E-state index in [0.29, 0.717) is 17.1 Å². The maximum Gasteiger partial charge on any atom is 0.129 e. The van der Waals surface area contributed by atoms with Crippen LogP contribution in [-0.4, -0.2) is 5.78 Å². The highest BCUT2D eigenvalue weighted by molar-refractivity contribution is 5.75. The summed E-state index contributed by atoms with van der Waals surface area (Å²) in [5, 5.41) is 0. The lowest BCUT2D eigenvalue weighted by Gasteiger charge is -2.51. The quantitative estimate of drug-likeness (QED) is 0.274. The molecule has 0 amide bonds. The van der Waals surface area contributed by atoms with E-state index in [9.17, 15) is 4.79 Å². The first-order valence-corrected chi connectivity index (χ1v) is 12.5. The molecule has 1 nitrogen and oxygen atoms in total. The van der Waals surface area contributed by atoms with E-state index in [1.165, 1.54) is 55.2 Å². The molecule has 1 aliphatic carbocycles. The van der Waals surface area contributed by atoms with Gasteiger partial charge >= 0.3 is 0 Å². The van der Waals surface area contributed by atoms with E-state index >= 15 is 0 Å². The number of rotatable bonds is 13. The van der Waals surface area contributed by atoms with Gasteiger partial charge in [-0.05, 0) is 109 Å². The fourth-order valence-electron chi connectivity index (χ4n) is 5.58. The highest BCUT2D eigenvalue weighted by Gasteiger charge is 2.45. The number of allylic oxidation sites excluding steroid dienone is 5. The second-order valence-electron chi connectivity index (χ2n) is 10.7. The lowest BCUT2D eigenvalue weighted by atomic mass is 9.54. The average molecular weight is 415 g/mol. The van der Waals surface area contributed by atoms with Gasteiger partial charge in [0.15, 0.2) is 0 Å². The van der Waals surface area contributed by atoms with Gasteiger partial charge in [0, 0.05) is 6.42 Å². The molecule has 0 heterocycles. The molecule has 1 fully saturated rings. The third-order valence-electron chi connectivity index (χ3n) is 7.76. The van der Waals surface area contributed by atoms with Crippen LogP contribution in [0.2, 0.25) is 0 Å². The zero-order valence-corrected chi connectivity index (χ0v) is 21.3. The van der Waals surface area contributed by atoms with E-state index in [2.05, 4.69) is 60.3 Å². The van der Waals surface area contributed by atoms with Gasteiger partial charge in [-0.2, -0.15) is 0 Å². The van der Waals surface area contributed by atoms with E-state index in [1.54, 1.807) is 6.92 Å². The summed E-state index contributed by atoms with van der Waals surface area (Å²) in [4.78, 5) is 11.7. The molecule has 0 bridgehead atoms. The number of ketones is 1. The maximum atomic E-state index is 11.7. The zero-order valence-electron chi connectivity index (χ0n) is 21.3. The van der Waals surface area contributed by atoms with Crippen LogP contribution in [0.5, 0.6) is 0 Å². The molecule has 0 aromatic rings. The lowest BCUT2D eigenvalue weighted by Crippen LogP contribution is -2.43. The molecule has 1 saturated carbocycles. The van der Waals surface area contributed by atoms with Crippen LogP contribution < -0.4 is 0 Å². The van der Waals surface area contributed by atoms with E-state index in [4.69, 9.17) is 0 Å². The van der Waals surface area contributed by atoms with Crippen molar-refractivity contribution in [1.29, 1.82) is 0 Å². The topological polar surface area (TPSA) is 17.1 Å². The lowest BCUT2D eigenvalue weighted by molar-refractivity contribution is -0.118. The SMILES string of the molecule is C=C(CC/C=C(\C)CCC=C(C)C)CC1CCC(C)C(C)(CCC(C)=O)C1CCC. The Morgan fingerprint density at radius 3 is 2.30 bits per heavy atom. The summed E-state index contributed by atoms with van der Waals surface area (Å²) in [6.45, 7) is 20.1. The van der Waals surface area contributed by atoms with Gasteiger partial charge in [0.1, 0.15) is 5.78 Å². The fraction of sp³-hybridized carbons (Fsp3) is 0.759. The highest BCUT2D eigenvalue weighted by Crippen LogP contribution is 2.54. The van der Waals surface area contributed by atoms with Gasteiger partial charge in [-0.25, -0.2) is 0 Å². The number of carbonyl (C=O) groups is 1. The molecule has 0 radical (unpaired) electrons. The monoisotopic (exact) mass is 414 g/mol. The summed E-state index contributed by atoms with van der Waals surface area (Å²) >= 11 is 0. The van der Waals surface area contributed by atoms with Crippen LogP contribution >= 0.6 is 0 Å². The largest absolute Gasteiger partial charge is 0.300 e. The molecule has 1 heteroatoms. The number of Topliss-reactive ketones (excluding diaryl/α,β-unsaturated/α-hetero) is 1. The molecule has 30 heavy (non-hydrogen) atoms. The Hall–Kier alpha value is -1.11. The van der Waals surface area contributed by atoms with Crippen molar-refractivity contribution >= 4 is 5.78 Å². The Morgan fingerprint density at radius 1 is 1.03 bits per heavy atom. The number of hydrogen-bond acceptors (Lipinski definition) is 1. The molecule has 4 atom stereocenters. The van der Waals surface area contributed by atoms with Crippen molar-refractivity contribution < 1.29 is 4.79 Å². The Labute approximate surface area is 188 Å². The Balaban J connectivity index is 2.67. The summed E-state index contributed by atoms with van der Waals surface area (Å²) in [6.07, 6.45) is 17.5. The van der Waals surface area contributed by atoms with Crippen molar-refractivity contribution in [3.63, 3.8) is 0 Å².